The molecule has 0 spiro atoms. The molecule has 0 aliphatic carbocycles. The zero-order chi connectivity index (χ0) is 7.28. The summed E-state index contributed by atoms with van der Waals surface area (Å²) in [6, 6.07) is 0. The minimum absolute atomic E-state index is 0.604. The highest BCUT2D eigenvalue weighted by Crippen LogP contribution is 2.00. The fraction of sp³-hybridized carbons (Fsp3) is 1.00. The lowest BCUT2D eigenvalue weighted by Gasteiger charge is -2.12. The molecular formula is C7H17NS. The third-order valence-electron chi connectivity index (χ3n) is 1.17. The molecule has 56 valence electrons. The van der Waals surface area contributed by atoms with Gasteiger partial charge in [0.2, 0.25) is 0 Å². The number of rotatable bonds is 4. The summed E-state index contributed by atoms with van der Waals surface area (Å²) in [5, 5.41) is 4.00. The van der Waals surface area contributed by atoms with Crippen molar-refractivity contribution in [3.63, 3.8) is 0 Å². The second kappa shape index (κ2) is 5.12. The van der Waals surface area contributed by atoms with Gasteiger partial charge in [-0.25, -0.2) is 0 Å². The third kappa shape index (κ3) is 6.19. The molecule has 1 atom stereocenters. The van der Waals surface area contributed by atoms with Crippen molar-refractivity contribution in [3.8, 4) is 0 Å². The van der Waals surface area contributed by atoms with Crippen LogP contribution in [0.1, 0.15) is 20.8 Å². The third-order valence-corrected chi connectivity index (χ3v) is 2.04. The van der Waals surface area contributed by atoms with Crippen LogP contribution in [-0.2, 0) is 0 Å². The maximum atomic E-state index is 3.39. The van der Waals surface area contributed by atoms with E-state index in [9.17, 15) is 0 Å². The Morgan fingerprint density at radius 3 is 2.22 bits per heavy atom. The average Bonchev–Trinajstić information content (AvgIpc) is 1.83. The van der Waals surface area contributed by atoms with Crippen LogP contribution < -0.4 is 5.32 Å². The molecule has 0 rings (SSSR count). The van der Waals surface area contributed by atoms with Gasteiger partial charge in [-0.3, -0.25) is 0 Å². The smallest absolute Gasteiger partial charge is 0.0500 e. The number of thioether (sulfide) groups is 1. The van der Waals surface area contributed by atoms with Gasteiger partial charge in [0.05, 0.1) is 5.37 Å². The van der Waals surface area contributed by atoms with Crippen molar-refractivity contribution in [2.75, 3.05) is 12.8 Å². The van der Waals surface area contributed by atoms with Gasteiger partial charge in [0.25, 0.3) is 0 Å². The van der Waals surface area contributed by atoms with Gasteiger partial charge in [-0.05, 0) is 25.6 Å². The van der Waals surface area contributed by atoms with E-state index in [1.165, 1.54) is 0 Å². The minimum Gasteiger partial charge on any atom is -0.305 e. The molecule has 0 aromatic heterocycles. The Morgan fingerprint density at radius 1 is 1.33 bits per heavy atom. The largest absolute Gasteiger partial charge is 0.305 e. The first-order valence-corrected chi connectivity index (χ1v) is 4.71. The molecule has 0 heterocycles. The van der Waals surface area contributed by atoms with Crippen molar-refractivity contribution in [1.29, 1.82) is 0 Å². The molecule has 0 aliphatic rings. The maximum Gasteiger partial charge on any atom is 0.0500 e. The molecule has 1 unspecified atom stereocenters. The van der Waals surface area contributed by atoms with Crippen molar-refractivity contribution >= 4 is 11.8 Å². The summed E-state index contributed by atoms with van der Waals surface area (Å²) >= 11 is 1.86. The minimum atomic E-state index is 0.604. The van der Waals surface area contributed by atoms with Crippen LogP contribution >= 0.6 is 11.8 Å². The zero-order valence-corrected chi connectivity index (χ0v) is 7.59. The molecule has 0 saturated carbocycles. The quantitative estimate of drug-likeness (QED) is 0.610. The fourth-order valence-corrected chi connectivity index (χ4v) is 0.748. The van der Waals surface area contributed by atoms with Crippen LogP contribution in [-0.4, -0.2) is 18.2 Å². The van der Waals surface area contributed by atoms with E-state index >= 15 is 0 Å². The fourth-order valence-electron chi connectivity index (χ4n) is 0.485. The lowest BCUT2D eigenvalue weighted by molar-refractivity contribution is 0.551. The van der Waals surface area contributed by atoms with E-state index < -0.39 is 0 Å². The van der Waals surface area contributed by atoms with Crippen molar-refractivity contribution < 1.29 is 0 Å². The Balaban J connectivity index is 3.06. The van der Waals surface area contributed by atoms with Gasteiger partial charge in [-0.2, -0.15) is 0 Å². The number of hydrogen-bond acceptors (Lipinski definition) is 2. The average molecular weight is 147 g/mol. The van der Waals surface area contributed by atoms with Gasteiger partial charge in [0.1, 0.15) is 0 Å². The summed E-state index contributed by atoms with van der Waals surface area (Å²) in [5.74, 6) is 0.764. The van der Waals surface area contributed by atoms with Crippen LogP contribution in [0.2, 0.25) is 0 Å². The Hall–Kier alpha value is 0.310. The molecule has 0 amide bonds. The van der Waals surface area contributed by atoms with Gasteiger partial charge in [-0.1, -0.05) is 13.8 Å². The zero-order valence-electron chi connectivity index (χ0n) is 6.77. The second-order valence-electron chi connectivity index (χ2n) is 2.68. The summed E-state index contributed by atoms with van der Waals surface area (Å²) in [7, 11) is 0. The summed E-state index contributed by atoms with van der Waals surface area (Å²) in [6.45, 7) is 7.76. The summed E-state index contributed by atoms with van der Waals surface area (Å²) in [6.07, 6.45) is 2.12. The summed E-state index contributed by atoms with van der Waals surface area (Å²) in [5.41, 5.74) is 0. The monoisotopic (exact) mass is 147 g/mol. The van der Waals surface area contributed by atoms with E-state index in [0.29, 0.717) is 5.37 Å². The van der Waals surface area contributed by atoms with E-state index in [-0.39, 0.29) is 0 Å². The first-order chi connectivity index (χ1) is 4.16. The van der Waals surface area contributed by atoms with Crippen molar-refractivity contribution in [1.82, 2.24) is 5.32 Å². The highest BCUT2D eigenvalue weighted by atomic mass is 32.2. The molecule has 0 radical (unpaired) electrons. The highest BCUT2D eigenvalue weighted by Gasteiger charge is 1.97. The SMILES string of the molecule is CSC(C)NCC(C)C. The second-order valence-corrected chi connectivity index (χ2v) is 3.86. The molecule has 0 saturated heterocycles. The van der Waals surface area contributed by atoms with Gasteiger partial charge < -0.3 is 5.32 Å². The Kier molecular flexibility index (Phi) is 5.30. The van der Waals surface area contributed by atoms with Crippen molar-refractivity contribution in [3.05, 3.63) is 0 Å². The van der Waals surface area contributed by atoms with Crippen LogP contribution in [0.3, 0.4) is 0 Å². The van der Waals surface area contributed by atoms with E-state index in [0.717, 1.165) is 12.5 Å². The van der Waals surface area contributed by atoms with Crippen LogP contribution in [0.5, 0.6) is 0 Å². The highest BCUT2D eigenvalue weighted by molar-refractivity contribution is 7.99. The van der Waals surface area contributed by atoms with Crippen LogP contribution in [0.15, 0.2) is 0 Å². The Labute approximate surface area is 62.6 Å². The molecule has 1 nitrogen and oxygen atoms in total. The molecule has 0 aliphatic heterocycles. The molecule has 9 heavy (non-hydrogen) atoms. The molecule has 0 fully saturated rings. The molecule has 0 aromatic carbocycles. The normalized spacial score (nSPS) is 14.3. The van der Waals surface area contributed by atoms with Gasteiger partial charge in [0.15, 0.2) is 0 Å². The summed E-state index contributed by atoms with van der Waals surface area (Å²) in [4.78, 5) is 0. The topological polar surface area (TPSA) is 12.0 Å². The van der Waals surface area contributed by atoms with Gasteiger partial charge in [-0.15, -0.1) is 11.8 Å². The van der Waals surface area contributed by atoms with Crippen molar-refractivity contribution in [2.45, 2.75) is 26.1 Å². The number of nitrogens with one attached hydrogen (secondary N) is 1. The molecule has 1 N–H and O–H groups in total. The maximum absolute atomic E-state index is 3.39. The van der Waals surface area contributed by atoms with Crippen LogP contribution in [0.25, 0.3) is 0 Å². The predicted molar refractivity (Wildman–Crippen MR) is 45.8 cm³/mol. The van der Waals surface area contributed by atoms with Gasteiger partial charge >= 0.3 is 0 Å². The Morgan fingerprint density at radius 2 is 1.89 bits per heavy atom. The standard InChI is InChI=1S/C7H17NS/c1-6(2)5-8-7(3)9-4/h6-8H,5H2,1-4H3. The molecular weight excluding hydrogens is 130 g/mol. The number of hydrogen-bond donors (Lipinski definition) is 1. The van der Waals surface area contributed by atoms with Crippen LogP contribution in [0.4, 0.5) is 0 Å². The van der Waals surface area contributed by atoms with E-state index in [2.05, 4.69) is 32.3 Å². The summed E-state index contributed by atoms with van der Waals surface area (Å²) < 4.78 is 0. The predicted octanol–water partition coefficient (Wildman–Crippen LogP) is 1.94. The van der Waals surface area contributed by atoms with Crippen LogP contribution in [0, 0.1) is 5.92 Å². The molecule has 0 bridgehead atoms. The first-order valence-electron chi connectivity index (χ1n) is 3.43. The lowest BCUT2D eigenvalue weighted by atomic mass is 10.2. The molecule has 0 aromatic rings. The van der Waals surface area contributed by atoms with E-state index in [1.807, 2.05) is 11.8 Å². The first kappa shape index (κ1) is 9.31. The van der Waals surface area contributed by atoms with Crippen molar-refractivity contribution in [2.24, 2.45) is 5.92 Å². The Bertz CT molecular complexity index is 63.9. The van der Waals surface area contributed by atoms with E-state index in [4.69, 9.17) is 0 Å². The van der Waals surface area contributed by atoms with E-state index in [1.54, 1.807) is 0 Å². The molecule has 2 heteroatoms. The van der Waals surface area contributed by atoms with Gasteiger partial charge in [0, 0.05) is 0 Å². The lowest BCUT2D eigenvalue weighted by Crippen LogP contribution is -2.26.